The predicted molar refractivity (Wildman–Crippen MR) is 115 cm³/mol. The van der Waals surface area contributed by atoms with E-state index in [0.717, 1.165) is 16.9 Å². The van der Waals surface area contributed by atoms with E-state index >= 15 is 0 Å². The summed E-state index contributed by atoms with van der Waals surface area (Å²) in [6, 6.07) is 14.9. The van der Waals surface area contributed by atoms with Crippen molar-refractivity contribution in [3.05, 3.63) is 54.4 Å². The molecule has 0 radical (unpaired) electrons. The molecule has 1 fully saturated rings. The molecule has 2 N–H and O–H groups in total. The van der Waals surface area contributed by atoms with Crippen LogP contribution in [0.4, 0.5) is 5.69 Å². The molecule has 3 aromatic rings. The first-order chi connectivity index (χ1) is 14.5. The topological polar surface area (TPSA) is 87.3 Å². The molecule has 0 bridgehead atoms. The van der Waals surface area contributed by atoms with Crippen molar-refractivity contribution in [2.75, 3.05) is 18.6 Å². The lowest BCUT2D eigenvalue weighted by molar-refractivity contribution is -0.127. The van der Waals surface area contributed by atoms with Crippen LogP contribution in [0.15, 0.2) is 48.5 Å². The Kier molecular flexibility index (Phi) is 5.44. The van der Waals surface area contributed by atoms with Crippen LogP contribution in [0.2, 0.25) is 0 Å². The van der Waals surface area contributed by atoms with Gasteiger partial charge in [-0.1, -0.05) is 38.1 Å². The summed E-state index contributed by atoms with van der Waals surface area (Å²) in [5.41, 5.74) is 2.49. The quantitative estimate of drug-likeness (QED) is 0.656. The molecule has 7 heteroatoms. The maximum absolute atomic E-state index is 13.1. The van der Waals surface area contributed by atoms with Crippen molar-refractivity contribution in [1.29, 1.82) is 0 Å². The van der Waals surface area contributed by atoms with E-state index in [0.29, 0.717) is 18.0 Å². The average Bonchev–Trinajstić information content (AvgIpc) is 3.35. The first-order valence-corrected chi connectivity index (χ1v) is 10.2. The number of nitrogens with zero attached hydrogens (tertiary/aromatic N) is 2. The van der Waals surface area contributed by atoms with E-state index in [-0.39, 0.29) is 30.2 Å². The van der Waals surface area contributed by atoms with Gasteiger partial charge in [-0.15, -0.1) is 0 Å². The Labute approximate surface area is 175 Å². The van der Waals surface area contributed by atoms with Gasteiger partial charge >= 0.3 is 0 Å². The second-order valence-corrected chi connectivity index (χ2v) is 7.95. The maximum Gasteiger partial charge on any atom is 0.227 e. The van der Waals surface area contributed by atoms with Gasteiger partial charge in [-0.3, -0.25) is 9.59 Å². The van der Waals surface area contributed by atoms with E-state index in [1.54, 1.807) is 12.0 Å². The number of benzene rings is 2. The SMILES string of the molecule is COc1ccccc1N1CC(C(=O)N[C@H](c2nc3ccccc3[nH]2)C(C)C)CC1=O. The number of carbonyl (C=O) groups is 2. The first-order valence-electron chi connectivity index (χ1n) is 10.2. The molecule has 156 valence electrons. The van der Waals surface area contributed by atoms with Gasteiger partial charge in [0.1, 0.15) is 11.6 Å². The van der Waals surface area contributed by atoms with Crippen LogP contribution in [0.5, 0.6) is 5.75 Å². The Morgan fingerprint density at radius 2 is 1.93 bits per heavy atom. The molecule has 0 spiro atoms. The zero-order chi connectivity index (χ0) is 21.3. The number of fused-ring (bicyclic) bond motifs is 1. The van der Waals surface area contributed by atoms with E-state index in [4.69, 9.17) is 4.74 Å². The molecule has 2 aromatic carbocycles. The number of rotatable bonds is 6. The highest BCUT2D eigenvalue weighted by atomic mass is 16.5. The molecule has 1 saturated heterocycles. The van der Waals surface area contributed by atoms with Crippen LogP contribution in [-0.4, -0.2) is 35.4 Å². The summed E-state index contributed by atoms with van der Waals surface area (Å²) in [6.07, 6.45) is 0.175. The van der Waals surface area contributed by atoms with Gasteiger partial charge in [-0.05, 0) is 30.2 Å². The lowest BCUT2D eigenvalue weighted by Crippen LogP contribution is -2.38. The second-order valence-electron chi connectivity index (χ2n) is 7.95. The normalized spacial score (nSPS) is 17.5. The van der Waals surface area contributed by atoms with Crippen LogP contribution in [-0.2, 0) is 9.59 Å². The van der Waals surface area contributed by atoms with Crippen LogP contribution in [0.1, 0.15) is 32.1 Å². The monoisotopic (exact) mass is 406 g/mol. The Bertz CT molecular complexity index is 1040. The number of para-hydroxylation sites is 4. The lowest BCUT2D eigenvalue weighted by Gasteiger charge is -2.23. The van der Waals surface area contributed by atoms with Gasteiger partial charge in [0, 0.05) is 13.0 Å². The molecule has 2 atom stereocenters. The molecule has 1 unspecified atom stereocenters. The summed E-state index contributed by atoms with van der Waals surface area (Å²) in [7, 11) is 1.57. The molecule has 4 rings (SSSR count). The van der Waals surface area contributed by atoms with E-state index in [1.165, 1.54) is 0 Å². The Balaban J connectivity index is 1.51. The van der Waals surface area contributed by atoms with Crippen LogP contribution in [0.25, 0.3) is 11.0 Å². The number of carbonyl (C=O) groups excluding carboxylic acids is 2. The zero-order valence-electron chi connectivity index (χ0n) is 17.4. The van der Waals surface area contributed by atoms with Gasteiger partial charge in [-0.2, -0.15) is 0 Å². The number of amides is 2. The third kappa shape index (κ3) is 3.75. The number of nitrogens with one attached hydrogen (secondary N) is 2. The van der Waals surface area contributed by atoms with E-state index in [9.17, 15) is 9.59 Å². The fourth-order valence-corrected chi connectivity index (χ4v) is 3.91. The standard InChI is InChI=1S/C23H26N4O3/c1-14(2)21(22-24-16-8-4-5-9-17(16)25-22)26-23(29)15-12-20(28)27(13-15)18-10-6-7-11-19(18)30-3/h4-11,14-15,21H,12-13H2,1-3H3,(H,24,25)(H,26,29)/t15?,21-/m0/s1. The van der Waals surface area contributed by atoms with Gasteiger partial charge in [-0.25, -0.2) is 4.98 Å². The molecular weight excluding hydrogens is 380 g/mol. The number of anilines is 1. The minimum atomic E-state index is -0.423. The third-order valence-corrected chi connectivity index (χ3v) is 5.54. The summed E-state index contributed by atoms with van der Waals surface area (Å²) in [5.74, 6) is 0.842. The summed E-state index contributed by atoms with van der Waals surface area (Å²) in [4.78, 5) is 35.3. The highest BCUT2D eigenvalue weighted by Crippen LogP contribution is 2.33. The predicted octanol–water partition coefficient (Wildman–Crippen LogP) is 3.44. The second kappa shape index (κ2) is 8.18. The van der Waals surface area contributed by atoms with Crippen molar-refractivity contribution in [3.8, 4) is 5.75 Å². The van der Waals surface area contributed by atoms with E-state index in [1.807, 2.05) is 62.4 Å². The molecule has 2 heterocycles. The van der Waals surface area contributed by atoms with Gasteiger partial charge in [0.15, 0.2) is 0 Å². The molecule has 1 aromatic heterocycles. The first kappa shape index (κ1) is 19.9. The fraction of sp³-hybridized carbons (Fsp3) is 0.348. The van der Waals surface area contributed by atoms with Crippen LogP contribution < -0.4 is 15.0 Å². The highest BCUT2D eigenvalue weighted by Gasteiger charge is 2.37. The van der Waals surface area contributed by atoms with E-state index < -0.39 is 5.92 Å². The van der Waals surface area contributed by atoms with E-state index in [2.05, 4.69) is 15.3 Å². The Morgan fingerprint density at radius 1 is 1.20 bits per heavy atom. The van der Waals surface area contributed by atoms with Crippen LogP contribution in [0, 0.1) is 11.8 Å². The molecule has 0 aliphatic carbocycles. The lowest BCUT2D eigenvalue weighted by atomic mass is 10.0. The molecule has 30 heavy (non-hydrogen) atoms. The maximum atomic E-state index is 13.1. The van der Waals surface area contributed by atoms with Crippen LogP contribution in [0.3, 0.4) is 0 Å². The largest absolute Gasteiger partial charge is 0.495 e. The Morgan fingerprint density at radius 3 is 2.67 bits per heavy atom. The molecule has 1 aliphatic heterocycles. The van der Waals surface area contributed by atoms with Crippen molar-refractivity contribution >= 4 is 28.5 Å². The summed E-state index contributed by atoms with van der Waals surface area (Å²) in [6.45, 7) is 4.41. The van der Waals surface area contributed by atoms with Crippen molar-refractivity contribution in [2.24, 2.45) is 11.8 Å². The number of hydrogen-bond acceptors (Lipinski definition) is 4. The number of H-pyrrole nitrogens is 1. The number of aromatic nitrogens is 2. The van der Waals surface area contributed by atoms with Gasteiger partial charge in [0.2, 0.25) is 11.8 Å². The Hall–Kier alpha value is -3.35. The number of aromatic amines is 1. The molecule has 2 amide bonds. The van der Waals surface area contributed by atoms with Crippen molar-refractivity contribution in [2.45, 2.75) is 26.3 Å². The molecular formula is C23H26N4O3. The summed E-state index contributed by atoms with van der Waals surface area (Å²) >= 11 is 0. The third-order valence-electron chi connectivity index (χ3n) is 5.54. The van der Waals surface area contributed by atoms with Gasteiger partial charge < -0.3 is 19.9 Å². The number of imidazole rings is 1. The smallest absolute Gasteiger partial charge is 0.227 e. The number of ether oxygens (including phenoxy) is 1. The molecule has 1 aliphatic rings. The summed E-state index contributed by atoms with van der Waals surface area (Å²) < 4.78 is 5.38. The highest BCUT2D eigenvalue weighted by molar-refractivity contribution is 6.01. The van der Waals surface area contributed by atoms with Gasteiger partial charge in [0.05, 0.1) is 35.8 Å². The van der Waals surface area contributed by atoms with Crippen molar-refractivity contribution in [3.63, 3.8) is 0 Å². The van der Waals surface area contributed by atoms with Crippen molar-refractivity contribution in [1.82, 2.24) is 15.3 Å². The fourth-order valence-electron chi connectivity index (χ4n) is 3.91. The zero-order valence-corrected chi connectivity index (χ0v) is 17.4. The molecule has 7 nitrogen and oxygen atoms in total. The van der Waals surface area contributed by atoms with Crippen molar-refractivity contribution < 1.29 is 14.3 Å². The van der Waals surface area contributed by atoms with Gasteiger partial charge in [0.25, 0.3) is 0 Å². The summed E-state index contributed by atoms with van der Waals surface area (Å²) in [5, 5.41) is 3.11. The minimum absolute atomic E-state index is 0.0792. The minimum Gasteiger partial charge on any atom is -0.495 e. The average molecular weight is 406 g/mol. The molecule has 0 saturated carbocycles. The van der Waals surface area contributed by atoms with Crippen LogP contribution >= 0.6 is 0 Å². The number of methoxy groups -OCH3 is 1. The number of hydrogen-bond donors (Lipinski definition) is 2.